The van der Waals surface area contributed by atoms with Crippen LogP contribution in [0.5, 0.6) is 0 Å². The molecule has 0 unspecified atom stereocenters. The molecule has 0 radical (unpaired) electrons. The van der Waals surface area contributed by atoms with Gasteiger partial charge in [0, 0.05) is 5.39 Å². The number of benzene rings is 2. The molecule has 98 valence electrons. The van der Waals surface area contributed by atoms with Crippen molar-refractivity contribution >= 4 is 20.8 Å². The molecule has 0 aliphatic heterocycles. The number of sulfonamides is 1. The van der Waals surface area contributed by atoms with Gasteiger partial charge < -0.3 is 12.4 Å². The number of hydrogen-bond acceptors (Lipinski definition) is 2. The van der Waals surface area contributed by atoms with Gasteiger partial charge in [-0.05, 0) is 11.5 Å². The van der Waals surface area contributed by atoms with Gasteiger partial charge in [0.1, 0.15) is 0 Å². The summed E-state index contributed by atoms with van der Waals surface area (Å²) in [6, 6.07) is 12.7. The lowest BCUT2D eigenvalue weighted by molar-refractivity contribution is -0.890. The Kier molecular flexibility index (Phi) is 4.70. The third-order valence-corrected chi connectivity index (χ3v) is 3.99. The number of nitrogens with one attached hydrogen (secondary N) is 2. The van der Waals surface area contributed by atoms with Crippen molar-refractivity contribution in [2.24, 2.45) is 0 Å². The highest BCUT2D eigenvalue weighted by Crippen LogP contribution is 2.21. The summed E-state index contributed by atoms with van der Waals surface area (Å²) in [6.45, 7) is 0. The van der Waals surface area contributed by atoms with Crippen LogP contribution in [0.4, 0.5) is 0 Å². The fourth-order valence-corrected chi connectivity index (χ4v) is 3.13. The fourth-order valence-electron chi connectivity index (χ4n) is 1.75. The maximum atomic E-state index is 12.1. The summed E-state index contributed by atoms with van der Waals surface area (Å²) < 4.78 is 24.2. The minimum atomic E-state index is -3.47. The van der Waals surface area contributed by atoms with E-state index in [1.54, 1.807) is 26.2 Å². The number of halogens is 1. The quantitative estimate of drug-likeness (QED) is 0.598. The van der Waals surface area contributed by atoms with Gasteiger partial charge in [-0.2, -0.15) is 0 Å². The molecule has 0 aromatic heterocycles. The molecule has 18 heavy (non-hydrogen) atoms. The van der Waals surface area contributed by atoms with Crippen molar-refractivity contribution in [3.63, 3.8) is 0 Å². The Morgan fingerprint density at radius 1 is 1.00 bits per heavy atom. The van der Waals surface area contributed by atoms with Crippen LogP contribution in [0.25, 0.3) is 10.8 Å². The molecule has 0 heterocycles. The summed E-state index contributed by atoms with van der Waals surface area (Å²) in [4.78, 5) is 2.83. The molecule has 0 fully saturated rings. The van der Waals surface area contributed by atoms with Gasteiger partial charge in [0.15, 0.2) is 0 Å². The van der Waals surface area contributed by atoms with Crippen molar-refractivity contribution in [2.45, 2.75) is 4.90 Å². The monoisotopic (exact) mass is 286 g/mol. The smallest absolute Gasteiger partial charge is 0.282 e. The van der Waals surface area contributed by atoms with Gasteiger partial charge in [0.05, 0.1) is 19.0 Å². The van der Waals surface area contributed by atoms with E-state index in [0.29, 0.717) is 9.90 Å². The van der Waals surface area contributed by atoms with Crippen LogP contribution in [0.1, 0.15) is 0 Å². The minimum Gasteiger partial charge on any atom is -1.00 e. The second kappa shape index (κ2) is 5.67. The van der Waals surface area contributed by atoms with Gasteiger partial charge in [-0.15, -0.1) is 0 Å². The van der Waals surface area contributed by atoms with Crippen molar-refractivity contribution < 1.29 is 25.8 Å². The van der Waals surface area contributed by atoms with Crippen LogP contribution in [0, 0.1) is 0 Å². The van der Waals surface area contributed by atoms with Crippen LogP contribution in [0.2, 0.25) is 0 Å². The normalized spacial score (nSPS) is 11.5. The zero-order valence-electron chi connectivity index (χ0n) is 10.1. The molecule has 0 aliphatic rings. The molecular weight excluding hydrogens is 272 g/mol. The van der Waals surface area contributed by atoms with Crippen LogP contribution in [0.3, 0.4) is 0 Å². The minimum absolute atomic E-state index is 0. The molecule has 0 bridgehead atoms. The zero-order chi connectivity index (χ0) is 12.5. The van der Waals surface area contributed by atoms with Crippen molar-refractivity contribution in [3.05, 3.63) is 42.5 Å². The van der Waals surface area contributed by atoms with Crippen LogP contribution < -0.4 is 22.2 Å². The Bertz CT molecular complexity index is 636. The molecule has 2 rings (SSSR count). The molecular formula is C12H15ClN2O2S. The van der Waals surface area contributed by atoms with E-state index < -0.39 is 10.0 Å². The van der Waals surface area contributed by atoms with Gasteiger partial charge >= 0.3 is 0 Å². The summed E-state index contributed by atoms with van der Waals surface area (Å²) in [5.74, 6) is 0. The highest BCUT2D eigenvalue weighted by Gasteiger charge is 2.19. The first-order valence-corrected chi connectivity index (χ1v) is 6.80. The summed E-state index contributed by atoms with van der Waals surface area (Å²) in [5, 5.41) is 2.31. The SMILES string of the molecule is C[NH+](C)NS(=O)(=O)c1cccc2ccccc12.[Cl-]. The first kappa shape index (κ1) is 14.9. The van der Waals surface area contributed by atoms with Gasteiger partial charge in [0.25, 0.3) is 10.0 Å². The molecule has 0 saturated heterocycles. The molecule has 0 atom stereocenters. The summed E-state index contributed by atoms with van der Waals surface area (Å²) in [6.07, 6.45) is 0. The largest absolute Gasteiger partial charge is 1.00 e. The van der Waals surface area contributed by atoms with Crippen molar-refractivity contribution in [1.29, 1.82) is 0 Å². The summed E-state index contributed by atoms with van der Waals surface area (Å²) in [5.41, 5.74) is 0. The average Bonchev–Trinajstić information content (AvgIpc) is 2.26. The fraction of sp³-hybridized carbons (Fsp3) is 0.167. The highest BCUT2D eigenvalue weighted by atomic mass is 35.5. The van der Waals surface area contributed by atoms with Gasteiger partial charge in [-0.25, -0.2) is 13.4 Å². The lowest BCUT2D eigenvalue weighted by Crippen LogP contribution is -3.13. The Balaban J connectivity index is 0.00000162. The average molecular weight is 287 g/mol. The highest BCUT2D eigenvalue weighted by molar-refractivity contribution is 7.89. The first-order chi connectivity index (χ1) is 8.00. The predicted molar refractivity (Wildman–Crippen MR) is 67.1 cm³/mol. The number of hydrogen-bond donors (Lipinski definition) is 2. The van der Waals surface area contributed by atoms with E-state index in [9.17, 15) is 8.42 Å². The number of quaternary nitrogens is 1. The molecule has 2 aromatic rings. The van der Waals surface area contributed by atoms with Crippen LogP contribution in [-0.4, -0.2) is 22.5 Å². The second-order valence-corrected chi connectivity index (χ2v) is 5.73. The first-order valence-electron chi connectivity index (χ1n) is 5.31. The van der Waals surface area contributed by atoms with E-state index in [1.165, 1.54) is 0 Å². The summed E-state index contributed by atoms with van der Waals surface area (Å²) in [7, 11) is -0.0234. The standard InChI is InChI=1S/C12H14N2O2S.ClH/c1-14(2)13-17(15,16)12-9-5-7-10-6-3-4-8-11(10)12;/h3-9,13H,1-2H3;1H. The molecule has 0 saturated carbocycles. The molecule has 0 aliphatic carbocycles. The van der Waals surface area contributed by atoms with Crippen molar-refractivity contribution in [1.82, 2.24) is 4.83 Å². The maximum absolute atomic E-state index is 12.1. The van der Waals surface area contributed by atoms with E-state index in [0.717, 1.165) is 10.8 Å². The molecule has 4 nitrogen and oxygen atoms in total. The Morgan fingerprint density at radius 2 is 1.61 bits per heavy atom. The third-order valence-electron chi connectivity index (χ3n) is 2.38. The molecule has 6 heteroatoms. The van der Waals surface area contributed by atoms with E-state index in [4.69, 9.17) is 0 Å². The van der Waals surface area contributed by atoms with Crippen LogP contribution in [0.15, 0.2) is 47.4 Å². The van der Waals surface area contributed by atoms with Crippen molar-refractivity contribution in [3.8, 4) is 0 Å². The Morgan fingerprint density at radius 3 is 2.28 bits per heavy atom. The second-order valence-electron chi connectivity index (χ2n) is 4.08. The number of rotatable bonds is 3. The Hall–Kier alpha value is -1.14. The zero-order valence-corrected chi connectivity index (χ0v) is 11.7. The van der Waals surface area contributed by atoms with E-state index in [1.807, 2.05) is 30.3 Å². The predicted octanol–water partition coefficient (Wildman–Crippen LogP) is -2.82. The summed E-state index contributed by atoms with van der Waals surface area (Å²) >= 11 is 0. The Labute approximate surface area is 113 Å². The van der Waals surface area contributed by atoms with Gasteiger partial charge in [-0.3, -0.25) is 0 Å². The third kappa shape index (κ3) is 3.00. The maximum Gasteiger partial charge on any atom is 0.282 e. The molecule has 2 N–H and O–H groups in total. The van der Waals surface area contributed by atoms with Crippen molar-refractivity contribution in [2.75, 3.05) is 14.1 Å². The van der Waals surface area contributed by atoms with E-state index in [2.05, 4.69) is 4.83 Å². The lowest BCUT2D eigenvalue weighted by atomic mass is 10.1. The van der Waals surface area contributed by atoms with E-state index in [-0.39, 0.29) is 12.4 Å². The lowest BCUT2D eigenvalue weighted by Gasteiger charge is -2.11. The molecule has 0 spiro atoms. The van der Waals surface area contributed by atoms with E-state index >= 15 is 0 Å². The van der Waals surface area contributed by atoms with Crippen LogP contribution >= 0.6 is 0 Å². The van der Waals surface area contributed by atoms with Gasteiger partial charge in [-0.1, -0.05) is 41.2 Å². The molecule has 0 amide bonds. The van der Waals surface area contributed by atoms with Gasteiger partial charge in [0.2, 0.25) is 0 Å². The topological polar surface area (TPSA) is 50.6 Å². The van der Waals surface area contributed by atoms with Crippen LogP contribution in [-0.2, 0) is 10.0 Å². The number of fused-ring (bicyclic) bond motifs is 1. The molecule has 2 aromatic carbocycles.